The molecule has 0 N–H and O–H groups in total. The molecule has 3 aromatic carbocycles. The first kappa shape index (κ1) is 19.5. The summed E-state index contributed by atoms with van der Waals surface area (Å²) in [4.78, 5) is 5.09. The van der Waals surface area contributed by atoms with Crippen molar-refractivity contribution < 1.29 is 4.74 Å². The highest BCUT2D eigenvalue weighted by molar-refractivity contribution is 7.73. The minimum atomic E-state index is -0.431. The number of aliphatic imine (C=N–C) groups is 1. The van der Waals surface area contributed by atoms with Crippen LogP contribution in [0.25, 0.3) is 0 Å². The minimum Gasteiger partial charge on any atom is -0.478 e. The Morgan fingerprint density at radius 1 is 0.767 bits per heavy atom. The van der Waals surface area contributed by atoms with Gasteiger partial charge in [-0.15, -0.1) is 0 Å². The Bertz CT molecular complexity index is 934. The Labute approximate surface area is 180 Å². The average molecular weight is 414 g/mol. The van der Waals surface area contributed by atoms with Crippen LogP contribution in [0.5, 0.6) is 0 Å². The van der Waals surface area contributed by atoms with Crippen LogP contribution in [0.4, 0.5) is 0 Å². The van der Waals surface area contributed by atoms with Crippen LogP contribution in [0.15, 0.2) is 96.0 Å². The fraction of sp³-hybridized carbons (Fsp3) is 0.296. The molecule has 0 bridgehead atoms. The van der Waals surface area contributed by atoms with Crippen molar-refractivity contribution in [3.63, 3.8) is 0 Å². The predicted molar refractivity (Wildman–Crippen MR) is 128 cm³/mol. The Hall–Kier alpha value is -2.44. The summed E-state index contributed by atoms with van der Waals surface area (Å²) in [7, 11) is -0.431. The maximum Gasteiger partial charge on any atom is 0.187 e. The van der Waals surface area contributed by atoms with Crippen LogP contribution in [0.1, 0.15) is 24.8 Å². The lowest BCUT2D eigenvalue weighted by Gasteiger charge is -2.29. The van der Waals surface area contributed by atoms with Crippen molar-refractivity contribution in [3.05, 3.63) is 96.6 Å². The van der Waals surface area contributed by atoms with Gasteiger partial charge in [-0.1, -0.05) is 97.4 Å². The van der Waals surface area contributed by atoms with Crippen molar-refractivity contribution in [2.75, 3.05) is 6.61 Å². The second-order valence-electron chi connectivity index (χ2n) is 8.27. The number of benzene rings is 3. The van der Waals surface area contributed by atoms with E-state index in [9.17, 15) is 0 Å². The number of ether oxygens (including phenoxy) is 1. The van der Waals surface area contributed by atoms with Crippen molar-refractivity contribution in [1.29, 1.82) is 0 Å². The fourth-order valence-electron chi connectivity index (χ4n) is 4.88. The van der Waals surface area contributed by atoms with Crippen LogP contribution in [-0.2, 0) is 11.2 Å². The third-order valence-corrected chi connectivity index (χ3v) is 9.23. The molecular weight excluding hydrogens is 385 g/mol. The van der Waals surface area contributed by atoms with E-state index in [2.05, 4.69) is 91.0 Å². The van der Waals surface area contributed by atoms with Crippen molar-refractivity contribution in [1.82, 2.24) is 0 Å². The zero-order chi connectivity index (χ0) is 20.2. The topological polar surface area (TPSA) is 21.6 Å². The van der Waals surface area contributed by atoms with Crippen LogP contribution in [0.2, 0.25) is 0 Å². The maximum atomic E-state index is 6.23. The van der Waals surface area contributed by atoms with Crippen LogP contribution >= 0.6 is 7.92 Å². The number of nitrogens with zero attached hydrogens (tertiary/aromatic N) is 1. The smallest absolute Gasteiger partial charge is 0.187 e. The van der Waals surface area contributed by atoms with Gasteiger partial charge in [0.05, 0.1) is 6.04 Å². The SMILES string of the molecule is c1ccc(C[C@H]2COC(C3CCCC3P(c3ccccc3)c3ccccc3)=N2)cc1. The lowest BCUT2D eigenvalue weighted by Crippen LogP contribution is -2.29. The van der Waals surface area contributed by atoms with E-state index in [0.29, 0.717) is 11.6 Å². The summed E-state index contributed by atoms with van der Waals surface area (Å²) in [6.45, 7) is 0.724. The Balaban J connectivity index is 1.41. The van der Waals surface area contributed by atoms with Gasteiger partial charge in [-0.25, -0.2) is 4.99 Å². The molecule has 30 heavy (non-hydrogen) atoms. The first-order valence-electron chi connectivity index (χ1n) is 11.0. The largest absolute Gasteiger partial charge is 0.478 e. The van der Waals surface area contributed by atoms with E-state index in [4.69, 9.17) is 9.73 Å². The quantitative estimate of drug-likeness (QED) is 0.501. The first-order valence-corrected chi connectivity index (χ1v) is 12.4. The highest BCUT2D eigenvalue weighted by Crippen LogP contribution is 2.50. The van der Waals surface area contributed by atoms with Crippen LogP contribution < -0.4 is 10.6 Å². The molecule has 0 amide bonds. The molecule has 3 aromatic rings. The summed E-state index contributed by atoms with van der Waals surface area (Å²) in [6.07, 6.45) is 4.68. The van der Waals surface area contributed by atoms with E-state index < -0.39 is 7.92 Å². The molecule has 1 heterocycles. The molecule has 1 aliphatic carbocycles. The van der Waals surface area contributed by atoms with Gasteiger partial charge < -0.3 is 4.74 Å². The van der Waals surface area contributed by atoms with Gasteiger partial charge in [0.25, 0.3) is 0 Å². The zero-order valence-electron chi connectivity index (χ0n) is 17.2. The van der Waals surface area contributed by atoms with Crippen LogP contribution in [0, 0.1) is 5.92 Å². The van der Waals surface area contributed by atoms with Crippen molar-refractivity contribution in [3.8, 4) is 0 Å². The molecular formula is C27H28NOP. The second-order valence-corrected chi connectivity index (χ2v) is 10.7. The summed E-state index contributed by atoms with van der Waals surface area (Å²) in [6, 6.07) is 33.1. The molecule has 3 atom stereocenters. The third kappa shape index (κ3) is 4.20. The van der Waals surface area contributed by atoms with Gasteiger partial charge in [0.1, 0.15) is 6.61 Å². The highest BCUT2D eigenvalue weighted by atomic mass is 31.1. The van der Waals surface area contributed by atoms with Gasteiger partial charge in [0, 0.05) is 5.92 Å². The highest BCUT2D eigenvalue weighted by Gasteiger charge is 2.40. The molecule has 2 aliphatic rings. The van der Waals surface area contributed by atoms with E-state index in [1.807, 2.05) is 0 Å². The molecule has 0 aromatic heterocycles. The molecule has 0 spiro atoms. The fourth-order valence-corrected chi connectivity index (χ4v) is 8.00. The molecule has 1 fully saturated rings. The van der Waals surface area contributed by atoms with Crippen molar-refractivity contribution in [2.45, 2.75) is 37.4 Å². The normalized spacial score (nSPS) is 23.4. The van der Waals surface area contributed by atoms with E-state index in [-0.39, 0.29) is 6.04 Å². The van der Waals surface area contributed by atoms with E-state index >= 15 is 0 Å². The Morgan fingerprint density at radius 2 is 1.37 bits per heavy atom. The standard InChI is InChI=1S/C27H28NOP/c1-4-11-21(12-5-1)19-22-20-29-27(28-22)25-17-10-18-26(25)30(23-13-6-2-7-14-23)24-15-8-3-9-16-24/h1-9,11-16,22,25-26H,10,17-20H2/t22-,25?,26?/m0/s1. The summed E-state index contributed by atoms with van der Waals surface area (Å²) in [5.74, 6) is 1.47. The molecule has 2 nitrogen and oxygen atoms in total. The van der Waals surface area contributed by atoms with Gasteiger partial charge >= 0.3 is 0 Å². The van der Waals surface area contributed by atoms with Gasteiger partial charge in [-0.2, -0.15) is 0 Å². The summed E-state index contributed by atoms with van der Waals surface area (Å²) in [5.41, 5.74) is 1.94. The summed E-state index contributed by atoms with van der Waals surface area (Å²) < 4.78 is 6.23. The van der Waals surface area contributed by atoms with Gasteiger partial charge in [-0.05, 0) is 49.0 Å². The van der Waals surface area contributed by atoms with Gasteiger partial charge in [0.2, 0.25) is 0 Å². The number of hydrogen-bond acceptors (Lipinski definition) is 2. The molecule has 152 valence electrons. The molecule has 1 aliphatic heterocycles. The zero-order valence-corrected chi connectivity index (χ0v) is 18.1. The van der Waals surface area contributed by atoms with Crippen molar-refractivity contribution >= 4 is 24.4 Å². The molecule has 1 saturated carbocycles. The molecule has 5 rings (SSSR count). The summed E-state index contributed by atoms with van der Waals surface area (Å²) in [5, 5.41) is 2.94. The number of hydrogen-bond donors (Lipinski definition) is 0. The average Bonchev–Trinajstić information content (AvgIpc) is 3.46. The second kappa shape index (κ2) is 9.14. The lowest BCUT2D eigenvalue weighted by atomic mass is 10.1. The lowest BCUT2D eigenvalue weighted by molar-refractivity contribution is 0.297. The Kier molecular flexibility index (Phi) is 5.95. The van der Waals surface area contributed by atoms with E-state index in [1.54, 1.807) is 0 Å². The van der Waals surface area contributed by atoms with Crippen LogP contribution in [0.3, 0.4) is 0 Å². The van der Waals surface area contributed by atoms with E-state index in [1.165, 1.54) is 35.4 Å². The number of rotatable bonds is 6. The van der Waals surface area contributed by atoms with Gasteiger partial charge in [0.15, 0.2) is 5.90 Å². The molecule has 0 radical (unpaired) electrons. The molecule has 3 heteroatoms. The first-order chi connectivity index (χ1) is 14.9. The third-order valence-electron chi connectivity index (χ3n) is 6.24. The van der Waals surface area contributed by atoms with Gasteiger partial charge in [-0.3, -0.25) is 0 Å². The van der Waals surface area contributed by atoms with E-state index in [0.717, 1.165) is 18.9 Å². The monoisotopic (exact) mass is 413 g/mol. The van der Waals surface area contributed by atoms with Crippen LogP contribution in [-0.4, -0.2) is 24.2 Å². The summed E-state index contributed by atoms with van der Waals surface area (Å²) >= 11 is 0. The predicted octanol–water partition coefficient (Wildman–Crippen LogP) is 5.33. The minimum absolute atomic E-state index is 0.253. The van der Waals surface area contributed by atoms with Crippen molar-refractivity contribution in [2.24, 2.45) is 10.9 Å². The molecule has 2 unspecified atom stereocenters. The Morgan fingerprint density at radius 3 is 2.00 bits per heavy atom. The maximum absolute atomic E-state index is 6.23. The molecule has 0 saturated heterocycles.